The van der Waals surface area contributed by atoms with Crippen LogP contribution in [0.2, 0.25) is 0 Å². The summed E-state index contributed by atoms with van der Waals surface area (Å²) < 4.78 is 35.9. The molecular weight excluding hydrogens is 444 g/mol. The van der Waals surface area contributed by atoms with E-state index in [9.17, 15) is 13.6 Å². The predicted molar refractivity (Wildman–Crippen MR) is 121 cm³/mol. The van der Waals surface area contributed by atoms with Crippen molar-refractivity contribution in [3.63, 3.8) is 0 Å². The Morgan fingerprint density at radius 1 is 1.06 bits per heavy atom. The minimum absolute atomic E-state index is 0.0508. The minimum Gasteiger partial charge on any atom is -0.378 e. The Balaban J connectivity index is 1.27. The van der Waals surface area contributed by atoms with Gasteiger partial charge in [-0.3, -0.25) is 9.36 Å². The normalized spacial score (nSPS) is 18.6. The van der Waals surface area contributed by atoms with Gasteiger partial charge in [0.1, 0.15) is 5.65 Å². The largest absolute Gasteiger partial charge is 0.378 e. The SMILES string of the molecule is O=C(c1cnc2c(ccn2-c2ccc3nc(N4CCOCC4)nn3c2)c1)N1CCC(F)(F)CC1. The van der Waals surface area contributed by atoms with Crippen LogP contribution in [0.3, 0.4) is 0 Å². The van der Waals surface area contributed by atoms with Crippen molar-refractivity contribution in [2.24, 2.45) is 0 Å². The number of pyridine rings is 2. The number of likely N-dealkylation sites (tertiary alicyclic amines) is 1. The average Bonchev–Trinajstić information content (AvgIpc) is 3.47. The molecule has 0 atom stereocenters. The number of aromatic nitrogens is 5. The van der Waals surface area contributed by atoms with Gasteiger partial charge in [-0.15, -0.1) is 5.10 Å². The summed E-state index contributed by atoms with van der Waals surface area (Å²) in [6.45, 7) is 2.95. The maximum atomic E-state index is 13.4. The van der Waals surface area contributed by atoms with Crippen molar-refractivity contribution in [1.82, 2.24) is 29.0 Å². The Kier molecular flexibility index (Phi) is 4.94. The number of hydrogen-bond donors (Lipinski definition) is 0. The third-order valence-corrected chi connectivity index (χ3v) is 6.43. The van der Waals surface area contributed by atoms with Gasteiger partial charge in [0.25, 0.3) is 11.8 Å². The number of piperidine rings is 1. The first-order valence-corrected chi connectivity index (χ1v) is 11.3. The number of anilines is 1. The first-order chi connectivity index (χ1) is 16.5. The third kappa shape index (κ3) is 3.75. The number of morpholine rings is 1. The molecule has 2 saturated heterocycles. The molecule has 2 aliphatic rings. The van der Waals surface area contributed by atoms with Crippen LogP contribution in [0.25, 0.3) is 22.4 Å². The second-order valence-electron chi connectivity index (χ2n) is 8.67. The van der Waals surface area contributed by atoms with E-state index in [1.54, 1.807) is 10.6 Å². The Labute approximate surface area is 193 Å². The molecule has 1 amide bonds. The molecule has 0 saturated carbocycles. The summed E-state index contributed by atoms with van der Waals surface area (Å²) in [6.07, 6.45) is 4.68. The van der Waals surface area contributed by atoms with Gasteiger partial charge in [-0.05, 0) is 24.3 Å². The van der Waals surface area contributed by atoms with E-state index in [0.29, 0.717) is 30.4 Å². The molecule has 0 unspecified atom stereocenters. The highest BCUT2D eigenvalue weighted by Gasteiger charge is 2.35. The van der Waals surface area contributed by atoms with E-state index in [1.807, 2.05) is 35.2 Å². The topological polar surface area (TPSA) is 80.8 Å². The molecule has 0 bridgehead atoms. The van der Waals surface area contributed by atoms with Gasteiger partial charge in [0, 0.05) is 56.8 Å². The Morgan fingerprint density at radius 3 is 2.65 bits per heavy atom. The number of nitrogens with zero attached hydrogens (tertiary/aromatic N) is 7. The molecule has 2 aliphatic heterocycles. The van der Waals surface area contributed by atoms with Crippen LogP contribution in [0.15, 0.2) is 42.9 Å². The van der Waals surface area contributed by atoms with E-state index in [4.69, 9.17) is 4.74 Å². The highest BCUT2D eigenvalue weighted by Crippen LogP contribution is 2.29. The fourth-order valence-corrected chi connectivity index (χ4v) is 4.47. The van der Waals surface area contributed by atoms with Crippen molar-refractivity contribution in [2.75, 3.05) is 44.3 Å². The van der Waals surface area contributed by atoms with Gasteiger partial charge < -0.3 is 14.5 Å². The summed E-state index contributed by atoms with van der Waals surface area (Å²) >= 11 is 0. The number of carbonyl (C=O) groups excluding carboxylic acids is 1. The molecule has 0 aliphatic carbocycles. The quantitative estimate of drug-likeness (QED) is 0.461. The molecule has 34 heavy (non-hydrogen) atoms. The number of halogens is 2. The maximum Gasteiger partial charge on any atom is 0.255 e. The lowest BCUT2D eigenvalue weighted by atomic mass is 10.1. The van der Waals surface area contributed by atoms with Crippen LogP contribution in [0.4, 0.5) is 14.7 Å². The van der Waals surface area contributed by atoms with E-state index in [0.717, 1.165) is 29.8 Å². The number of ether oxygens (including phenoxy) is 1. The first kappa shape index (κ1) is 21.0. The zero-order valence-electron chi connectivity index (χ0n) is 18.4. The fraction of sp³-hybridized carbons (Fsp3) is 0.391. The predicted octanol–water partition coefficient (Wildman–Crippen LogP) is 2.78. The second-order valence-corrected chi connectivity index (χ2v) is 8.67. The molecule has 11 heteroatoms. The molecule has 4 aromatic heterocycles. The van der Waals surface area contributed by atoms with Crippen LogP contribution in [-0.2, 0) is 4.74 Å². The summed E-state index contributed by atoms with van der Waals surface area (Å²) in [6, 6.07) is 7.50. The molecule has 4 aromatic rings. The molecule has 0 spiro atoms. The summed E-state index contributed by atoms with van der Waals surface area (Å²) in [5.41, 5.74) is 2.69. The molecule has 0 N–H and O–H groups in total. The average molecular weight is 467 g/mol. The zero-order chi connectivity index (χ0) is 23.3. The van der Waals surface area contributed by atoms with Crippen LogP contribution in [0.5, 0.6) is 0 Å². The number of carbonyl (C=O) groups is 1. The highest BCUT2D eigenvalue weighted by molar-refractivity contribution is 5.97. The number of fused-ring (bicyclic) bond motifs is 2. The lowest BCUT2D eigenvalue weighted by Gasteiger charge is -2.31. The van der Waals surface area contributed by atoms with Gasteiger partial charge in [0.05, 0.1) is 30.7 Å². The van der Waals surface area contributed by atoms with E-state index in [2.05, 4.69) is 20.0 Å². The van der Waals surface area contributed by atoms with Crippen molar-refractivity contribution in [3.05, 3.63) is 48.4 Å². The second kappa shape index (κ2) is 8.01. The van der Waals surface area contributed by atoms with Crippen molar-refractivity contribution in [1.29, 1.82) is 0 Å². The number of amides is 1. The first-order valence-electron chi connectivity index (χ1n) is 11.3. The molecule has 6 heterocycles. The van der Waals surface area contributed by atoms with E-state index < -0.39 is 5.92 Å². The van der Waals surface area contributed by atoms with Crippen molar-refractivity contribution < 1.29 is 18.3 Å². The number of hydrogen-bond acceptors (Lipinski definition) is 6. The summed E-state index contributed by atoms with van der Waals surface area (Å²) in [7, 11) is 0. The van der Waals surface area contributed by atoms with Crippen molar-refractivity contribution in [2.45, 2.75) is 18.8 Å². The van der Waals surface area contributed by atoms with Gasteiger partial charge in [-0.1, -0.05) is 0 Å². The molecule has 2 fully saturated rings. The van der Waals surface area contributed by atoms with Gasteiger partial charge in [0.2, 0.25) is 5.95 Å². The summed E-state index contributed by atoms with van der Waals surface area (Å²) in [5, 5.41) is 5.42. The smallest absolute Gasteiger partial charge is 0.255 e. The lowest BCUT2D eigenvalue weighted by Crippen LogP contribution is -2.42. The van der Waals surface area contributed by atoms with Crippen LogP contribution in [-0.4, -0.2) is 80.3 Å². The van der Waals surface area contributed by atoms with Crippen LogP contribution in [0.1, 0.15) is 23.2 Å². The Hall–Kier alpha value is -3.60. The van der Waals surface area contributed by atoms with Crippen LogP contribution >= 0.6 is 0 Å². The highest BCUT2D eigenvalue weighted by atomic mass is 19.3. The molecular formula is C23H23F2N7O2. The van der Waals surface area contributed by atoms with E-state index in [1.165, 1.54) is 11.1 Å². The summed E-state index contributed by atoms with van der Waals surface area (Å²) in [5.74, 6) is -2.28. The third-order valence-electron chi connectivity index (χ3n) is 6.43. The maximum absolute atomic E-state index is 13.4. The fourth-order valence-electron chi connectivity index (χ4n) is 4.47. The molecule has 6 rings (SSSR count). The zero-order valence-corrected chi connectivity index (χ0v) is 18.4. The monoisotopic (exact) mass is 467 g/mol. The van der Waals surface area contributed by atoms with E-state index >= 15 is 0 Å². The lowest BCUT2D eigenvalue weighted by molar-refractivity contribution is -0.0494. The van der Waals surface area contributed by atoms with Gasteiger partial charge in [-0.2, -0.15) is 4.98 Å². The van der Waals surface area contributed by atoms with Crippen LogP contribution in [0, 0.1) is 0 Å². The minimum atomic E-state index is -2.69. The molecule has 0 aromatic carbocycles. The summed E-state index contributed by atoms with van der Waals surface area (Å²) in [4.78, 5) is 25.5. The molecule has 9 nitrogen and oxygen atoms in total. The molecule has 176 valence electrons. The Bertz CT molecular complexity index is 1370. The van der Waals surface area contributed by atoms with Gasteiger partial charge in [-0.25, -0.2) is 18.3 Å². The van der Waals surface area contributed by atoms with Crippen molar-refractivity contribution >= 4 is 28.5 Å². The van der Waals surface area contributed by atoms with Gasteiger partial charge >= 0.3 is 0 Å². The standard InChI is InChI=1S/C23H23F2N7O2/c24-23(25)4-7-29(8-5-23)21(33)17-13-16-3-6-31(20(16)26-14-17)18-1-2-19-27-22(28-32(19)15-18)30-9-11-34-12-10-30/h1-3,6,13-15H,4-5,7-12H2. The van der Waals surface area contributed by atoms with Gasteiger partial charge in [0.15, 0.2) is 5.65 Å². The molecule has 0 radical (unpaired) electrons. The van der Waals surface area contributed by atoms with Crippen molar-refractivity contribution in [3.8, 4) is 5.69 Å². The van der Waals surface area contributed by atoms with E-state index in [-0.39, 0.29) is 31.8 Å². The Morgan fingerprint density at radius 2 is 1.85 bits per heavy atom. The van der Waals surface area contributed by atoms with Crippen LogP contribution < -0.4 is 4.90 Å². The number of alkyl halides is 2. The number of rotatable bonds is 3.